The molecule has 3 aromatic carbocycles. The monoisotopic (exact) mass is 493 g/mol. The Hall–Kier alpha value is -4.01. The standard InChI is InChI=1S/C27H22F3N3O3/c1-15-12-17-10-11-18(13-24(17)36-15)33(26(34)27(28,29)30)23-14-35-25-19(23)6-5-9-22(25)32-16(2)31-20-7-3-4-8-21(20)32/h3-11,13,15,23H,12,14H2,1-2H3/t15?,23-/m1/s1. The molecule has 0 spiro atoms. The van der Waals surface area contributed by atoms with Crippen molar-refractivity contribution >= 4 is 22.6 Å². The molecule has 36 heavy (non-hydrogen) atoms. The van der Waals surface area contributed by atoms with Gasteiger partial charge in [0.1, 0.15) is 30.0 Å². The van der Waals surface area contributed by atoms with Crippen LogP contribution in [0.25, 0.3) is 16.7 Å². The van der Waals surface area contributed by atoms with Crippen LogP contribution in [-0.4, -0.2) is 34.3 Å². The number of imidazole rings is 1. The van der Waals surface area contributed by atoms with Gasteiger partial charge in [-0.3, -0.25) is 14.3 Å². The van der Waals surface area contributed by atoms with Crippen LogP contribution in [0.5, 0.6) is 11.5 Å². The van der Waals surface area contributed by atoms with Crippen molar-refractivity contribution in [3.8, 4) is 17.2 Å². The van der Waals surface area contributed by atoms with Crippen LogP contribution in [0, 0.1) is 6.92 Å². The lowest BCUT2D eigenvalue weighted by Crippen LogP contribution is -2.44. The van der Waals surface area contributed by atoms with Crippen LogP contribution < -0.4 is 14.4 Å². The van der Waals surface area contributed by atoms with Crippen molar-refractivity contribution in [2.45, 2.75) is 38.6 Å². The summed E-state index contributed by atoms with van der Waals surface area (Å²) in [5, 5.41) is 0. The van der Waals surface area contributed by atoms with Crippen LogP contribution in [0.1, 0.15) is 29.9 Å². The lowest BCUT2D eigenvalue weighted by atomic mass is 10.0. The minimum Gasteiger partial charge on any atom is -0.490 e. The maximum atomic E-state index is 13.8. The van der Waals surface area contributed by atoms with Gasteiger partial charge in [-0.25, -0.2) is 4.98 Å². The number of aryl methyl sites for hydroxylation is 1. The topological polar surface area (TPSA) is 56.6 Å². The first kappa shape index (κ1) is 22.5. The van der Waals surface area contributed by atoms with Crippen LogP contribution >= 0.6 is 0 Å². The van der Waals surface area contributed by atoms with Gasteiger partial charge in [0, 0.05) is 23.7 Å². The van der Waals surface area contributed by atoms with Gasteiger partial charge in [-0.05, 0) is 43.7 Å². The molecule has 0 N–H and O–H groups in total. The molecule has 0 saturated carbocycles. The van der Waals surface area contributed by atoms with Crippen molar-refractivity contribution in [2.24, 2.45) is 0 Å². The number of carbonyl (C=O) groups is 1. The third-order valence-electron chi connectivity index (χ3n) is 6.68. The molecule has 9 heteroatoms. The van der Waals surface area contributed by atoms with Crippen LogP contribution in [0.15, 0.2) is 60.7 Å². The number of rotatable bonds is 3. The average molecular weight is 493 g/mol. The molecule has 0 saturated heterocycles. The summed E-state index contributed by atoms with van der Waals surface area (Å²) in [4.78, 5) is 18.1. The fraction of sp³-hybridized carbons (Fsp3) is 0.259. The van der Waals surface area contributed by atoms with E-state index in [4.69, 9.17) is 9.47 Å². The zero-order valence-corrected chi connectivity index (χ0v) is 19.5. The van der Waals surface area contributed by atoms with Crippen molar-refractivity contribution in [3.05, 3.63) is 77.6 Å². The predicted molar refractivity (Wildman–Crippen MR) is 128 cm³/mol. The van der Waals surface area contributed by atoms with Gasteiger partial charge in [0.15, 0.2) is 0 Å². The maximum Gasteiger partial charge on any atom is 0.471 e. The Kier molecular flexibility index (Phi) is 5.00. The Balaban J connectivity index is 1.48. The summed E-state index contributed by atoms with van der Waals surface area (Å²) in [5.41, 5.74) is 3.82. The second-order valence-electron chi connectivity index (χ2n) is 9.10. The Labute approximate surface area is 204 Å². The number of aromatic nitrogens is 2. The highest BCUT2D eigenvalue weighted by molar-refractivity contribution is 5.98. The molecule has 2 aliphatic heterocycles. The van der Waals surface area contributed by atoms with E-state index < -0.39 is 18.1 Å². The number of ether oxygens (including phenoxy) is 2. The minimum atomic E-state index is -5.06. The van der Waals surface area contributed by atoms with Crippen molar-refractivity contribution in [1.29, 1.82) is 0 Å². The lowest BCUT2D eigenvalue weighted by molar-refractivity contribution is -0.171. The maximum absolute atomic E-state index is 13.8. The number of benzene rings is 3. The summed E-state index contributed by atoms with van der Waals surface area (Å²) in [7, 11) is 0. The predicted octanol–water partition coefficient (Wildman–Crippen LogP) is 5.69. The molecule has 6 nitrogen and oxygen atoms in total. The van der Waals surface area contributed by atoms with Crippen LogP contribution in [0.2, 0.25) is 0 Å². The van der Waals surface area contributed by atoms with Gasteiger partial charge in [0.2, 0.25) is 0 Å². The van der Waals surface area contributed by atoms with Gasteiger partial charge < -0.3 is 9.47 Å². The first-order chi connectivity index (χ1) is 17.2. The zero-order chi connectivity index (χ0) is 25.2. The first-order valence-electron chi connectivity index (χ1n) is 11.6. The van der Waals surface area contributed by atoms with Gasteiger partial charge in [0.05, 0.1) is 22.8 Å². The molecule has 6 rings (SSSR count). The van der Waals surface area contributed by atoms with E-state index in [9.17, 15) is 18.0 Å². The van der Waals surface area contributed by atoms with Gasteiger partial charge >= 0.3 is 12.1 Å². The molecule has 0 fully saturated rings. The summed E-state index contributed by atoms with van der Waals surface area (Å²) < 4.78 is 55.1. The molecule has 2 atom stereocenters. The Bertz CT molecular complexity index is 1510. The summed E-state index contributed by atoms with van der Waals surface area (Å²) in [5.74, 6) is -0.317. The van der Waals surface area contributed by atoms with E-state index in [0.29, 0.717) is 35.0 Å². The highest BCUT2D eigenvalue weighted by Gasteiger charge is 2.48. The molecule has 0 bridgehead atoms. The molecule has 1 unspecified atom stereocenters. The van der Waals surface area contributed by atoms with Gasteiger partial charge in [-0.1, -0.05) is 30.3 Å². The van der Waals surface area contributed by atoms with Crippen LogP contribution in [0.3, 0.4) is 0 Å². The average Bonchev–Trinajstić information content (AvgIpc) is 3.52. The quantitative estimate of drug-likeness (QED) is 0.368. The summed E-state index contributed by atoms with van der Waals surface area (Å²) >= 11 is 0. The molecule has 3 heterocycles. The number of carbonyl (C=O) groups excluding carboxylic acids is 1. The van der Waals surface area contributed by atoms with Gasteiger partial charge in [-0.2, -0.15) is 13.2 Å². The van der Waals surface area contributed by atoms with Crippen LogP contribution in [-0.2, 0) is 11.2 Å². The van der Waals surface area contributed by atoms with E-state index in [-0.39, 0.29) is 18.4 Å². The van der Waals surface area contributed by atoms with E-state index in [1.807, 2.05) is 48.7 Å². The van der Waals surface area contributed by atoms with E-state index in [1.54, 1.807) is 24.3 Å². The first-order valence-corrected chi connectivity index (χ1v) is 11.6. The second-order valence-corrected chi connectivity index (χ2v) is 9.10. The molecule has 184 valence electrons. The van der Waals surface area contributed by atoms with Crippen molar-refractivity contribution in [2.75, 3.05) is 11.5 Å². The van der Waals surface area contributed by atoms with Crippen molar-refractivity contribution in [3.63, 3.8) is 0 Å². The molecule has 1 amide bonds. The molecule has 2 aliphatic rings. The summed E-state index contributed by atoms with van der Waals surface area (Å²) in [6, 6.07) is 16.7. The molecule has 0 radical (unpaired) electrons. The number of alkyl halides is 3. The number of nitrogens with zero attached hydrogens (tertiary/aromatic N) is 3. The third kappa shape index (κ3) is 3.49. The van der Waals surface area contributed by atoms with E-state index >= 15 is 0 Å². The Morgan fingerprint density at radius 1 is 1.11 bits per heavy atom. The van der Waals surface area contributed by atoms with Crippen molar-refractivity contribution < 1.29 is 27.4 Å². The molecule has 0 aliphatic carbocycles. The molecule has 1 aromatic heterocycles. The van der Waals surface area contributed by atoms with Gasteiger partial charge in [-0.15, -0.1) is 0 Å². The molecule has 4 aromatic rings. The lowest BCUT2D eigenvalue weighted by Gasteiger charge is -2.29. The Morgan fingerprint density at radius 3 is 2.72 bits per heavy atom. The smallest absolute Gasteiger partial charge is 0.471 e. The number of hydrogen-bond acceptors (Lipinski definition) is 4. The Morgan fingerprint density at radius 2 is 1.92 bits per heavy atom. The molecular formula is C27H22F3N3O3. The highest BCUT2D eigenvalue weighted by Crippen LogP contribution is 2.45. The fourth-order valence-electron chi connectivity index (χ4n) is 5.17. The fourth-order valence-corrected chi connectivity index (χ4v) is 5.17. The zero-order valence-electron chi connectivity index (χ0n) is 19.5. The normalized spacial score (nSPS) is 18.5. The van der Waals surface area contributed by atoms with Crippen molar-refractivity contribution in [1.82, 2.24) is 9.55 Å². The third-order valence-corrected chi connectivity index (χ3v) is 6.68. The number of anilines is 1. The van der Waals surface area contributed by atoms with E-state index in [2.05, 4.69) is 4.98 Å². The number of fused-ring (bicyclic) bond motifs is 3. The van der Waals surface area contributed by atoms with E-state index in [0.717, 1.165) is 21.5 Å². The minimum absolute atomic E-state index is 0.0756. The SMILES string of the molecule is Cc1nc2ccccc2n1-c1cccc2c1OC[C@H]2N(C(=O)C(F)(F)F)c1ccc2c(c1)OC(C)C2. The second kappa shape index (κ2) is 8.01. The summed E-state index contributed by atoms with van der Waals surface area (Å²) in [6.07, 6.45) is -4.47. The van der Waals surface area contributed by atoms with E-state index in [1.165, 1.54) is 6.07 Å². The number of halogens is 3. The largest absolute Gasteiger partial charge is 0.490 e. The number of para-hydroxylation sites is 3. The molecular weight excluding hydrogens is 471 g/mol. The van der Waals surface area contributed by atoms with Gasteiger partial charge in [0.25, 0.3) is 0 Å². The highest BCUT2D eigenvalue weighted by atomic mass is 19.4. The van der Waals surface area contributed by atoms with Crippen LogP contribution in [0.4, 0.5) is 18.9 Å². The number of amides is 1. The summed E-state index contributed by atoms with van der Waals surface area (Å²) in [6.45, 7) is 3.63. The number of hydrogen-bond donors (Lipinski definition) is 0.